The molecule has 1 aromatic rings. The van der Waals surface area contributed by atoms with Crippen molar-refractivity contribution in [1.82, 2.24) is 0 Å². The van der Waals surface area contributed by atoms with Crippen LogP contribution in [0.1, 0.15) is 49.8 Å². The molecular weight excluding hydrogens is 350 g/mol. The van der Waals surface area contributed by atoms with Crippen molar-refractivity contribution in [2.45, 2.75) is 51.0 Å². The average Bonchev–Trinajstić information content (AvgIpc) is 3.32. The fourth-order valence-corrected chi connectivity index (χ4v) is 5.00. The highest BCUT2D eigenvalue weighted by molar-refractivity contribution is 7.10. The smallest absolute Gasteiger partial charge is 0.315 e. The number of hydrogen-bond acceptors (Lipinski definition) is 6. The number of aliphatic imine (C=N–C) groups is 1. The summed E-state index contributed by atoms with van der Waals surface area (Å²) in [6, 6.07) is 3.96. The second kappa shape index (κ2) is 7.45. The van der Waals surface area contributed by atoms with Gasteiger partial charge in [-0.2, -0.15) is 0 Å². The summed E-state index contributed by atoms with van der Waals surface area (Å²) in [5.74, 6) is -0.981. The van der Waals surface area contributed by atoms with Crippen molar-refractivity contribution in [2.24, 2.45) is 10.9 Å². The topological polar surface area (TPSA) is 65.0 Å². The van der Waals surface area contributed by atoms with Crippen LogP contribution in [-0.4, -0.2) is 36.8 Å². The quantitative estimate of drug-likeness (QED) is 0.756. The van der Waals surface area contributed by atoms with Crippen LogP contribution in [0.15, 0.2) is 33.8 Å². The van der Waals surface area contributed by atoms with Crippen molar-refractivity contribution in [3.8, 4) is 0 Å². The molecule has 1 fully saturated rings. The largest absolute Gasteiger partial charge is 0.462 e. The summed E-state index contributed by atoms with van der Waals surface area (Å²) in [6.45, 7) is 2.88. The van der Waals surface area contributed by atoms with Gasteiger partial charge in [-0.15, -0.1) is 11.3 Å². The van der Waals surface area contributed by atoms with Gasteiger partial charge >= 0.3 is 5.97 Å². The predicted molar refractivity (Wildman–Crippen MR) is 99.5 cm³/mol. The third kappa shape index (κ3) is 3.28. The first-order valence-electron chi connectivity index (χ1n) is 9.28. The van der Waals surface area contributed by atoms with Crippen molar-refractivity contribution in [1.29, 1.82) is 0 Å². The summed E-state index contributed by atoms with van der Waals surface area (Å²) in [6.07, 6.45) is 4.10. The maximum Gasteiger partial charge on any atom is 0.315 e. The lowest BCUT2D eigenvalue weighted by Crippen LogP contribution is -2.37. The Kier molecular flexibility index (Phi) is 5.05. The van der Waals surface area contributed by atoms with Crippen LogP contribution in [0.2, 0.25) is 0 Å². The lowest BCUT2D eigenvalue weighted by Gasteiger charge is -2.33. The van der Waals surface area contributed by atoms with Gasteiger partial charge in [0.05, 0.1) is 6.10 Å². The highest BCUT2D eigenvalue weighted by Crippen LogP contribution is 2.44. The summed E-state index contributed by atoms with van der Waals surface area (Å²) < 4.78 is 11.2. The zero-order valence-electron chi connectivity index (χ0n) is 14.9. The summed E-state index contributed by atoms with van der Waals surface area (Å²) >= 11 is 1.58. The summed E-state index contributed by atoms with van der Waals surface area (Å²) in [7, 11) is 0. The molecule has 0 bridgehead atoms. The zero-order chi connectivity index (χ0) is 18.1. The van der Waals surface area contributed by atoms with Crippen LogP contribution in [0, 0.1) is 5.92 Å². The van der Waals surface area contributed by atoms with Crippen molar-refractivity contribution in [3.05, 3.63) is 33.7 Å². The maximum atomic E-state index is 13.0. The monoisotopic (exact) mass is 373 g/mol. The van der Waals surface area contributed by atoms with Crippen LogP contribution in [0.4, 0.5) is 0 Å². The van der Waals surface area contributed by atoms with Crippen LogP contribution in [0.25, 0.3) is 0 Å². The van der Waals surface area contributed by atoms with Crippen LogP contribution in [0.3, 0.4) is 0 Å². The SMILES string of the molecule is CC1=NC2=C(C(=O)CCC2)[C@@H](c2cccs2)C1C(=O)OC[C@H]1CCCO1. The van der Waals surface area contributed by atoms with Gasteiger partial charge < -0.3 is 9.47 Å². The van der Waals surface area contributed by atoms with E-state index in [4.69, 9.17) is 9.47 Å². The number of ketones is 1. The van der Waals surface area contributed by atoms with Crippen molar-refractivity contribution in [2.75, 3.05) is 13.2 Å². The van der Waals surface area contributed by atoms with Crippen LogP contribution < -0.4 is 0 Å². The van der Waals surface area contributed by atoms with Gasteiger partial charge in [-0.3, -0.25) is 14.6 Å². The number of ether oxygens (including phenoxy) is 2. The van der Waals surface area contributed by atoms with Crippen molar-refractivity contribution >= 4 is 28.8 Å². The molecule has 26 heavy (non-hydrogen) atoms. The lowest BCUT2D eigenvalue weighted by atomic mass is 9.74. The molecule has 0 saturated carbocycles. The van der Waals surface area contributed by atoms with Crippen molar-refractivity contribution in [3.63, 3.8) is 0 Å². The minimum Gasteiger partial charge on any atom is -0.462 e. The Morgan fingerprint density at radius 2 is 2.27 bits per heavy atom. The fraction of sp³-hybridized carbons (Fsp3) is 0.550. The van der Waals surface area contributed by atoms with Gasteiger partial charge in [0.15, 0.2) is 5.78 Å². The molecule has 0 aromatic carbocycles. The summed E-state index contributed by atoms with van der Waals surface area (Å²) in [4.78, 5) is 31.3. The van der Waals surface area contributed by atoms with E-state index in [9.17, 15) is 9.59 Å². The maximum absolute atomic E-state index is 13.0. The first-order chi connectivity index (χ1) is 12.6. The number of thiophene rings is 1. The third-order valence-corrected chi connectivity index (χ3v) is 6.33. The highest BCUT2D eigenvalue weighted by Gasteiger charge is 2.43. The van der Waals surface area contributed by atoms with Gasteiger partial charge in [-0.1, -0.05) is 6.07 Å². The number of nitrogens with zero attached hydrogens (tertiary/aromatic N) is 1. The van der Waals surface area contributed by atoms with E-state index >= 15 is 0 Å². The zero-order valence-corrected chi connectivity index (χ0v) is 15.7. The molecule has 5 nitrogen and oxygen atoms in total. The Morgan fingerprint density at radius 1 is 1.38 bits per heavy atom. The fourth-order valence-electron chi connectivity index (χ4n) is 4.13. The van der Waals surface area contributed by atoms with E-state index < -0.39 is 5.92 Å². The molecule has 3 atom stereocenters. The second-order valence-electron chi connectivity index (χ2n) is 7.13. The summed E-state index contributed by atoms with van der Waals surface area (Å²) in [5.41, 5.74) is 2.33. The van der Waals surface area contributed by atoms with Crippen LogP contribution >= 0.6 is 11.3 Å². The number of carbonyl (C=O) groups is 2. The molecule has 0 amide bonds. The third-order valence-electron chi connectivity index (χ3n) is 5.37. The first kappa shape index (κ1) is 17.6. The van der Waals surface area contributed by atoms with E-state index in [2.05, 4.69) is 4.99 Å². The van der Waals surface area contributed by atoms with E-state index in [1.165, 1.54) is 0 Å². The van der Waals surface area contributed by atoms with E-state index in [0.29, 0.717) is 6.42 Å². The Morgan fingerprint density at radius 3 is 3.00 bits per heavy atom. The van der Waals surface area contributed by atoms with Gasteiger partial charge in [-0.25, -0.2) is 0 Å². The molecule has 3 heterocycles. The number of rotatable bonds is 4. The minimum atomic E-state index is -0.532. The molecule has 0 N–H and O–H groups in total. The molecule has 6 heteroatoms. The van der Waals surface area contributed by atoms with E-state index in [1.807, 2.05) is 24.4 Å². The molecule has 2 aliphatic heterocycles. The number of hydrogen-bond donors (Lipinski definition) is 0. The molecule has 1 unspecified atom stereocenters. The number of esters is 1. The molecule has 1 saturated heterocycles. The Hall–Kier alpha value is -1.79. The molecule has 1 aliphatic carbocycles. The standard InChI is InChI=1S/C20H23NO4S/c1-12-17(20(23)25-11-13-5-3-9-24-13)19(16-8-4-10-26-16)18-14(21-12)6-2-7-15(18)22/h4,8,10,13,17,19H,2-3,5-7,9,11H2,1H3/t13-,17?,19+/m1/s1. The Balaban J connectivity index is 1.63. The molecule has 138 valence electrons. The van der Waals surface area contributed by atoms with Crippen LogP contribution in [0.5, 0.6) is 0 Å². The van der Waals surface area contributed by atoms with E-state index in [-0.39, 0.29) is 30.4 Å². The Bertz CT molecular complexity index is 759. The highest BCUT2D eigenvalue weighted by atomic mass is 32.1. The molecule has 4 rings (SSSR count). The number of Topliss-reactive ketones (excluding diaryl/α,β-unsaturated/α-hetero) is 1. The Labute approximate surface area is 157 Å². The van der Waals surface area contributed by atoms with Crippen LogP contribution in [-0.2, 0) is 19.1 Å². The number of allylic oxidation sites excluding steroid dienone is 2. The van der Waals surface area contributed by atoms with Gasteiger partial charge in [0.25, 0.3) is 0 Å². The van der Waals surface area contributed by atoms with Gasteiger partial charge in [-0.05, 0) is 44.1 Å². The molecular formula is C20H23NO4S. The van der Waals surface area contributed by atoms with E-state index in [0.717, 1.165) is 54.1 Å². The first-order valence-corrected chi connectivity index (χ1v) is 10.2. The van der Waals surface area contributed by atoms with E-state index in [1.54, 1.807) is 11.3 Å². The summed E-state index contributed by atoms with van der Waals surface area (Å²) in [5, 5.41) is 1.98. The van der Waals surface area contributed by atoms with Gasteiger partial charge in [0.1, 0.15) is 12.5 Å². The second-order valence-corrected chi connectivity index (χ2v) is 8.11. The predicted octanol–water partition coefficient (Wildman–Crippen LogP) is 3.65. The normalized spacial score (nSPS) is 28.7. The molecule has 1 aromatic heterocycles. The number of carbonyl (C=O) groups excluding carboxylic acids is 2. The molecule has 0 spiro atoms. The molecule has 0 radical (unpaired) electrons. The molecule has 3 aliphatic rings. The van der Waals surface area contributed by atoms with Gasteiger partial charge in [0.2, 0.25) is 0 Å². The average molecular weight is 373 g/mol. The van der Waals surface area contributed by atoms with Gasteiger partial charge in [0, 0.05) is 40.8 Å². The van der Waals surface area contributed by atoms with Crippen molar-refractivity contribution < 1.29 is 19.1 Å². The lowest BCUT2D eigenvalue weighted by molar-refractivity contribution is -0.149. The minimum absolute atomic E-state index is 0.00828.